The predicted molar refractivity (Wildman–Crippen MR) is 67.4 cm³/mol. The van der Waals surface area contributed by atoms with E-state index in [-0.39, 0.29) is 13.1 Å². The Morgan fingerprint density at radius 2 is 1.89 bits per heavy atom. The zero-order chi connectivity index (χ0) is 13.0. The molecule has 0 aliphatic rings. The van der Waals surface area contributed by atoms with Crippen molar-refractivity contribution in [3.8, 4) is 12.1 Å². The van der Waals surface area contributed by atoms with Gasteiger partial charge >= 0.3 is 0 Å². The third-order valence-electron chi connectivity index (χ3n) is 2.46. The molecule has 0 saturated heterocycles. The molecule has 6 heteroatoms. The molecule has 0 saturated carbocycles. The number of hydrogen-bond acceptors (Lipinski definition) is 6. The minimum atomic E-state index is 0.101. The molecule has 0 aliphatic heterocycles. The van der Waals surface area contributed by atoms with Crippen molar-refractivity contribution >= 4 is 22.4 Å². The summed E-state index contributed by atoms with van der Waals surface area (Å²) in [7, 11) is 0. The first-order chi connectivity index (χ1) is 8.76. The van der Waals surface area contributed by atoms with Crippen LogP contribution in [0.1, 0.15) is 0 Å². The molecule has 0 bridgehead atoms. The van der Waals surface area contributed by atoms with Gasteiger partial charge in [0.1, 0.15) is 25.2 Å². The Kier molecular flexibility index (Phi) is 3.22. The molecule has 2 N–H and O–H groups in total. The Morgan fingerprint density at radius 1 is 1.17 bits per heavy atom. The number of benzene rings is 1. The summed E-state index contributed by atoms with van der Waals surface area (Å²) in [5, 5.41) is 18.3. The number of anilines is 2. The van der Waals surface area contributed by atoms with Crippen LogP contribution in [0.25, 0.3) is 10.9 Å². The maximum atomic E-state index is 8.78. The summed E-state index contributed by atoms with van der Waals surface area (Å²) < 4.78 is 0. The highest BCUT2D eigenvalue weighted by atomic mass is 15.2. The number of hydrogen-bond donors (Lipinski definition) is 1. The summed E-state index contributed by atoms with van der Waals surface area (Å²) in [6, 6.07) is 9.30. The lowest BCUT2D eigenvalue weighted by atomic mass is 10.2. The fourth-order valence-corrected chi connectivity index (χ4v) is 1.69. The van der Waals surface area contributed by atoms with Gasteiger partial charge in [-0.05, 0) is 18.2 Å². The SMILES string of the molecule is N#CCN(CC#N)c1ncnc2cc(N)ccc12. The van der Waals surface area contributed by atoms with Crippen molar-refractivity contribution in [2.45, 2.75) is 0 Å². The average Bonchev–Trinajstić information content (AvgIpc) is 2.37. The highest BCUT2D eigenvalue weighted by Crippen LogP contribution is 2.24. The van der Waals surface area contributed by atoms with E-state index in [0.717, 1.165) is 5.39 Å². The molecule has 1 aromatic heterocycles. The molecule has 2 aromatic rings. The molecule has 1 aromatic carbocycles. The van der Waals surface area contributed by atoms with Gasteiger partial charge in [-0.2, -0.15) is 10.5 Å². The number of nitrogen functional groups attached to an aromatic ring is 1. The number of nitriles is 2. The first kappa shape index (κ1) is 11.6. The van der Waals surface area contributed by atoms with E-state index in [2.05, 4.69) is 9.97 Å². The van der Waals surface area contributed by atoms with Gasteiger partial charge in [-0.15, -0.1) is 0 Å². The minimum Gasteiger partial charge on any atom is -0.399 e. The molecule has 88 valence electrons. The lowest BCUT2D eigenvalue weighted by molar-refractivity contribution is 0.937. The van der Waals surface area contributed by atoms with Crippen LogP contribution in [-0.2, 0) is 0 Å². The molecule has 0 unspecified atom stereocenters. The Balaban J connectivity index is 2.56. The van der Waals surface area contributed by atoms with E-state index < -0.39 is 0 Å². The van der Waals surface area contributed by atoms with Crippen molar-refractivity contribution in [1.29, 1.82) is 10.5 Å². The van der Waals surface area contributed by atoms with Crippen LogP contribution in [0, 0.1) is 22.7 Å². The third kappa shape index (κ3) is 2.13. The van der Waals surface area contributed by atoms with E-state index in [1.54, 1.807) is 23.1 Å². The normalized spacial score (nSPS) is 9.67. The highest BCUT2D eigenvalue weighted by molar-refractivity contribution is 5.91. The van der Waals surface area contributed by atoms with Gasteiger partial charge in [0.15, 0.2) is 0 Å². The number of nitrogens with two attached hydrogens (primary N) is 1. The predicted octanol–water partition coefficient (Wildman–Crippen LogP) is 1.07. The molecule has 0 fully saturated rings. The molecule has 0 spiro atoms. The largest absolute Gasteiger partial charge is 0.399 e. The van der Waals surface area contributed by atoms with Gasteiger partial charge in [-0.3, -0.25) is 0 Å². The van der Waals surface area contributed by atoms with Crippen molar-refractivity contribution in [1.82, 2.24) is 9.97 Å². The standard InChI is InChI=1S/C12H10N6/c13-3-5-18(6-4-14)12-10-2-1-9(15)7-11(10)16-8-17-12/h1-2,7-8H,5-6,15H2. The van der Waals surface area contributed by atoms with Crippen molar-refractivity contribution in [2.75, 3.05) is 23.7 Å². The fourth-order valence-electron chi connectivity index (χ4n) is 1.69. The van der Waals surface area contributed by atoms with Crippen molar-refractivity contribution in [3.63, 3.8) is 0 Å². The second-order valence-corrected chi connectivity index (χ2v) is 3.65. The van der Waals surface area contributed by atoms with Crippen LogP contribution < -0.4 is 10.6 Å². The topological polar surface area (TPSA) is 103 Å². The second kappa shape index (κ2) is 4.98. The van der Waals surface area contributed by atoms with Crippen LogP contribution in [0.2, 0.25) is 0 Å². The summed E-state index contributed by atoms with van der Waals surface area (Å²) >= 11 is 0. The van der Waals surface area contributed by atoms with E-state index in [0.29, 0.717) is 17.0 Å². The molecular formula is C12H10N6. The van der Waals surface area contributed by atoms with Gasteiger partial charge in [0.05, 0.1) is 17.7 Å². The molecule has 18 heavy (non-hydrogen) atoms. The van der Waals surface area contributed by atoms with Gasteiger partial charge in [-0.25, -0.2) is 9.97 Å². The van der Waals surface area contributed by atoms with Crippen molar-refractivity contribution < 1.29 is 0 Å². The molecule has 6 nitrogen and oxygen atoms in total. The summed E-state index contributed by atoms with van der Waals surface area (Å²) in [4.78, 5) is 9.87. The van der Waals surface area contributed by atoms with Crippen LogP contribution in [0.5, 0.6) is 0 Å². The van der Waals surface area contributed by atoms with E-state index in [1.807, 2.05) is 12.1 Å². The quantitative estimate of drug-likeness (QED) is 0.633. The Labute approximate surface area is 104 Å². The molecule has 1 heterocycles. The monoisotopic (exact) mass is 238 g/mol. The van der Waals surface area contributed by atoms with Gasteiger partial charge in [-0.1, -0.05) is 0 Å². The van der Waals surface area contributed by atoms with Crippen LogP contribution in [-0.4, -0.2) is 23.1 Å². The smallest absolute Gasteiger partial charge is 0.141 e. The van der Waals surface area contributed by atoms with E-state index >= 15 is 0 Å². The molecule has 0 amide bonds. The third-order valence-corrected chi connectivity index (χ3v) is 2.46. The maximum Gasteiger partial charge on any atom is 0.141 e. The lowest BCUT2D eigenvalue weighted by Gasteiger charge is -2.18. The van der Waals surface area contributed by atoms with E-state index in [1.165, 1.54) is 6.33 Å². The first-order valence-corrected chi connectivity index (χ1v) is 5.25. The van der Waals surface area contributed by atoms with E-state index in [9.17, 15) is 0 Å². The van der Waals surface area contributed by atoms with Crippen molar-refractivity contribution in [3.05, 3.63) is 24.5 Å². The van der Waals surface area contributed by atoms with Crippen LogP contribution in [0.15, 0.2) is 24.5 Å². The zero-order valence-corrected chi connectivity index (χ0v) is 9.54. The van der Waals surface area contributed by atoms with Crippen LogP contribution >= 0.6 is 0 Å². The van der Waals surface area contributed by atoms with E-state index in [4.69, 9.17) is 16.3 Å². The van der Waals surface area contributed by atoms with Crippen molar-refractivity contribution in [2.24, 2.45) is 0 Å². The summed E-state index contributed by atoms with van der Waals surface area (Å²) in [6.45, 7) is 0.202. The van der Waals surface area contributed by atoms with Gasteiger partial charge in [0, 0.05) is 11.1 Å². The molecular weight excluding hydrogens is 228 g/mol. The molecule has 0 atom stereocenters. The second-order valence-electron chi connectivity index (χ2n) is 3.65. The van der Waals surface area contributed by atoms with Gasteiger partial charge in [0.2, 0.25) is 0 Å². The Morgan fingerprint density at radius 3 is 2.56 bits per heavy atom. The van der Waals surface area contributed by atoms with Gasteiger partial charge in [0.25, 0.3) is 0 Å². The first-order valence-electron chi connectivity index (χ1n) is 5.25. The average molecular weight is 238 g/mol. The number of aromatic nitrogens is 2. The maximum absolute atomic E-state index is 8.78. The summed E-state index contributed by atoms with van der Waals surface area (Å²) in [5.74, 6) is 0.572. The van der Waals surface area contributed by atoms with Crippen LogP contribution in [0.3, 0.4) is 0 Å². The molecule has 2 rings (SSSR count). The fraction of sp³-hybridized carbons (Fsp3) is 0.167. The zero-order valence-electron chi connectivity index (χ0n) is 9.54. The number of nitrogens with zero attached hydrogens (tertiary/aromatic N) is 5. The molecule has 0 radical (unpaired) electrons. The van der Waals surface area contributed by atoms with Crippen LogP contribution in [0.4, 0.5) is 11.5 Å². The Bertz CT molecular complexity index is 636. The number of fused-ring (bicyclic) bond motifs is 1. The lowest BCUT2D eigenvalue weighted by Crippen LogP contribution is -2.25. The highest BCUT2D eigenvalue weighted by Gasteiger charge is 2.11. The summed E-state index contributed by atoms with van der Waals surface area (Å²) in [6.07, 6.45) is 1.40. The number of rotatable bonds is 3. The minimum absolute atomic E-state index is 0.101. The summed E-state index contributed by atoms with van der Waals surface area (Å²) in [5.41, 5.74) is 6.99. The Hall–Kier alpha value is -2.86. The van der Waals surface area contributed by atoms with Gasteiger partial charge < -0.3 is 10.6 Å². The molecule has 0 aliphatic carbocycles.